The lowest BCUT2D eigenvalue weighted by Gasteiger charge is -2.30. The Labute approximate surface area is 114 Å². The third-order valence-electron chi connectivity index (χ3n) is 4.04. The number of nitrogens with two attached hydrogens (primary N) is 1. The molecule has 0 aromatic carbocycles. The second kappa shape index (κ2) is 6.66. The quantitative estimate of drug-likeness (QED) is 0.871. The minimum atomic E-state index is -0.0494. The van der Waals surface area contributed by atoms with E-state index in [1.54, 1.807) is 12.3 Å². The minimum Gasteiger partial charge on any atom is -0.348 e. The van der Waals surface area contributed by atoms with E-state index in [0.717, 1.165) is 5.69 Å². The van der Waals surface area contributed by atoms with Crippen molar-refractivity contribution in [1.82, 2.24) is 10.3 Å². The van der Waals surface area contributed by atoms with Gasteiger partial charge in [-0.3, -0.25) is 9.78 Å². The van der Waals surface area contributed by atoms with Crippen molar-refractivity contribution in [3.8, 4) is 0 Å². The van der Waals surface area contributed by atoms with E-state index in [0.29, 0.717) is 18.0 Å². The zero-order valence-corrected chi connectivity index (χ0v) is 11.6. The van der Waals surface area contributed by atoms with Gasteiger partial charge in [0.15, 0.2) is 0 Å². The lowest BCUT2D eigenvalue weighted by molar-refractivity contribution is 0.0914. The molecule has 1 fully saturated rings. The van der Waals surface area contributed by atoms with Gasteiger partial charge in [0.05, 0.1) is 5.56 Å². The van der Waals surface area contributed by atoms with Crippen LogP contribution in [0.3, 0.4) is 0 Å². The van der Waals surface area contributed by atoms with E-state index in [1.807, 2.05) is 13.0 Å². The number of nitrogens with zero attached hydrogens (tertiary/aromatic N) is 1. The zero-order valence-electron chi connectivity index (χ0n) is 11.6. The summed E-state index contributed by atoms with van der Waals surface area (Å²) in [5, 5.41) is 3.09. The number of carbonyl (C=O) groups is 1. The number of hydrogen-bond acceptors (Lipinski definition) is 3. The van der Waals surface area contributed by atoms with Gasteiger partial charge in [-0.25, -0.2) is 0 Å². The Kier molecular flexibility index (Phi) is 4.91. The highest BCUT2D eigenvalue weighted by atomic mass is 16.1. The number of aryl methyl sites for hydroxylation is 1. The molecule has 1 heterocycles. The van der Waals surface area contributed by atoms with E-state index in [9.17, 15) is 4.79 Å². The second-order valence-corrected chi connectivity index (χ2v) is 5.35. The Morgan fingerprint density at radius 3 is 2.84 bits per heavy atom. The molecule has 1 aromatic heterocycles. The van der Waals surface area contributed by atoms with Gasteiger partial charge >= 0.3 is 0 Å². The number of hydrogen-bond donors (Lipinski definition) is 2. The van der Waals surface area contributed by atoms with Crippen LogP contribution in [0.4, 0.5) is 0 Å². The molecular weight excluding hydrogens is 238 g/mol. The molecule has 1 saturated carbocycles. The van der Waals surface area contributed by atoms with E-state index in [-0.39, 0.29) is 11.9 Å². The average Bonchev–Trinajstić information content (AvgIpc) is 2.46. The first-order valence-corrected chi connectivity index (χ1v) is 7.15. The number of carbonyl (C=O) groups excluding carboxylic acids is 1. The van der Waals surface area contributed by atoms with Crippen molar-refractivity contribution in [2.75, 3.05) is 6.54 Å². The van der Waals surface area contributed by atoms with Crippen molar-refractivity contribution < 1.29 is 4.79 Å². The topological polar surface area (TPSA) is 68.0 Å². The van der Waals surface area contributed by atoms with Crippen molar-refractivity contribution >= 4 is 5.91 Å². The fraction of sp³-hybridized carbons (Fsp3) is 0.600. The highest BCUT2D eigenvalue weighted by Crippen LogP contribution is 2.26. The van der Waals surface area contributed by atoms with Crippen molar-refractivity contribution in [1.29, 1.82) is 0 Å². The maximum absolute atomic E-state index is 12.3. The largest absolute Gasteiger partial charge is 0.348 e. The van der Waals surface area contributed by atoms with Gasteiger partial charge in [0.2, 0.25) is 0 Å². The minimum absolute atomic E-state index is 0.0494. The van der Waals surface area contributed by atoms with Gasteiger partial charge in [0.1, 0.15) is 0 Å². The molecule has 1 aliphatic rings. The van der Waals surface area contributed by atoms with Gasteiger partial charge < -0.3 is 11.1 Å². The van der Waals surface area contributed by atoms with Gasteiger partial charge in [-0.15, -0.1) is 0 Å². The molecule has 2 rings (SSSR count). The van der Waals surface area contributed by atoms with Crippen molar-refractivity contribution in [2.45, 2.75) is 45.1 Å². The lowest BCUT2D eigenvalue weighted by atomic mass is 9.84. The van der Waals surface area contributed by atoms with E-state index < -0.39 is 0 Å². The number of rotatable bonds is 4. The van der Waals surface area contributed by atoms with Crippen LogP contribution in [-0.4, -0.2) is 23.5 Å². The molecule has 3 N–H and O–H groups in total. The first-order valence-electron chi connectivity index (χ1n) is 7.15. The molecule has 104 valence electrons. The van der Waals surface area contributed by atoms with Crippen LogP contribution in [0.1, 0.15) is 48.2 Å². The molecule has 1 amide bonds. The normalized spacial score (nSPS) is 18.0. The maximum Gasteiger partial charge on any atom is 0.253 e. The number of aromatic nitrogens is 1. The van der Waals surface area contributed by atoms with Crippen LogP contribution in [0.5, 0.6) is 0 Å². The van der Waals surface area contributed by atoms with E-state index >= 15 is 0 Å². The molecule has 0 radical (unpaired) electrons. The maximum atomic E-state index is 12.3. The predicted molar refractivity (Wildman–Crippen MR) is 75.9 cm³/mol. The van der Waals surface area contributed by atoms with Crippen LogP contribution < -0.4 is 11.1 Å². The molecule has 4 heteroatoms. The summed E-state index contributed by atoms with van der Waals surface area (Å²) in [6.45, 7) is 2.36. The molecule has 1 unspecified atom stereocenters. The second-order valence-electron chi connectivity index (χ2n) is 5.35. The fourth-order valence-electron chi connectivity index (χ4n) is 2.88. The Balaban J connectivity index is 2.01. The lowest BCUT2D eigenvalue weighted by Crippen LogP contribution is -2.46. The van der Waals surface area contributed by atoms with Crippen LogP contribution >= 0.6 is 0 Å². The Bertz CT molecular complexity index is 427. The van der Waals surface area contributed by atoms with Crippen LogP contribution in [0, 0.1) is 12.8 Å². The zero-order chi connectivity index (χ0) is 13.7. The summed E-state index contributed by atoms with van der Waals surface area (Å²) >= 11 is 0. The van der Waals surface area contributed by atoms with Gasteiger partial charge in [0.25, 0.3) is 5.91 Å². The van der Waals surface area contributed by atoms with Gasteiger partial charge in [-0.2, -0.15) is 0 Å². The average molecular weight is 261 g/mol. The van der Waals surface area contributed by atoms with Crippen molar-refractivity contribution in [2.24, 2.45) is 11.7 Å². The summed E-state index contributed by atoms with van der Waals surface area (Å²) in [6.07, 6.45) is 7.87. The smallest absolute Gasteiger partial charge is 0.253 e. The van der Waals surface area contributed by atoms with Gasteiger partial charge in [-0.05, 0) is 37.8 Å². The molecule has 0 saturated heterocycles. The summed E-state index contributed by atoms with van der Waals surface area (Å²) in [4.78, 5) is 16.4. The molecule has 19 heavy (non-hydrogen) atoms. The first kappa shape index (κ1) is 14.0. The molecule has 0 spiro atoms. The standard InChI is InChI=1S/C15H23N3O/c1-11-13(8-5-9-17-11)15(19)18-14(10-16)12-6-3-2-4-7-12/h5,8-9,12,14H,2-4,6-7,10,16H2,1H3,(H,18,19). The van der Waals surface area contributed by atoms with Crippen LogP contribution in [0.25, 0.3) is 0 Å². The van der Waals surface area contributed by atoms with E-state index in [2.05, 4.69) is 10.3 Å². The third kappa shape index (κ3) is 3.53. The molecule has 1 aromatic rings. The summed E-state index contributed by atoms with van der Waals surface area (Å²) in [7, 11) is 0. The summed E-state index contributed by atoms with van der Waals surface area (Å²) < 4.78 is 0. The SMILES string of the molecule is Cc1ncccc1C(=O)NC(CN)C1CCCCC1. The van der Waals surface area contributed by atoms with Crippen LogP contribution in [0.2, 0.25) is 0 Å². The highest BCUT2D eigenvalue weighted by Gasteiger charge is 2.24. The fourth-order valence-corrected chi connectivity index (χ4v) is 2.88. The molecule has 0 bridgehead atoms. The first-order chi connectivity index (χ1) is 9.22. The summed E-state index contributed by atoms with van der Waals surface area (Å²) in [5.74, 6) is 0.478. The molecule has 4 nitrogen and oxygen atoms in total. The van der Waals surface area contributed by atoms with Gasteiger partial charge in [-0.1, -0.05) is 19.3 Å². The highest BCUT2D eigenvalue weighted by molar-refractivity contribution is 5.95. The predicted octanol–water partition coefficient (Wildman–Crippen LogP) is 2.03. The summed E-state index contributed by atoms with van der Waals surface area (Å²) in [5.41, 5.74) is 7.25. The molecular formula is C15H23N3O. The van der Waals surface area contributed by atoms with Crippen molar-refractivity contribution in [3.05, 3.63) is 29.6 Å². The van der Waals surface area contributed by atoms with Crippen LogP contribution in [0.15, 0.2) is 18.3 Å². The monoisotopic (exact) mass is 261 g/mol. The van der Waals surface area contributed by atoms with Gasteiger partial charge in [0, 0.05) is 24.5 Å². The van der Waals surface area contributed by atoms with Crippen LogP contribution in [-0.2, 0) is 0 Å². The molecule has 1 aliphatic carbocycles. The molecule has 0 aliphatic heterocycles. The summed E-state index contributed by atoms with van der Waals surface area (Å²) in [6, 6.07) is 3.69. The molecule has 1 atom stereocenters. The number of amides is 1. The Hall–Kier alpha value is -1.42. The Morgan fingerprint density at radius 2 is 2.21 bits per heavy atom. The van der Waals surface area contributed by atoms with E-state index in [4.69, 9.17) is 5.73 Å². The van der Waals surface area contributed by atoms with Crippen molar-refractivity contribution in [3.63, 3.8) is 0 Å². The number of pyridine rings is 1. The third-order valence-corrected chi connectivity index (χ3v) is 4.04. The Morgan fingerprint density at radius 1 is 1.47 bits per heavy atom. The van der Waals surface area contributed by atoms with E-state index in [1.165, 1.54) is 32.1 Å². The number of nitrogens with one attached hydrogen (secondary N) is 1.